The zero-order chi connectivity index (χ0) is 23.5. The van der Waals surface area contributed by atoms with Gasteiger partial charge in [0.05, 0.1) is 6.04 Å². The van der Waals surface area contributed by atoms with Gasteiger partial charge in [0.15, 0.2) is 0 Å². The minimum atomic E-state index is -0.864. The van der Waals surface area contributed by atoms with Crippen molar-refractivity contribution in [2.45, 2.75) is 51.7 Å². The van der Waals surface area contributed by atoms with Crippen molar-refractivity contribution in [2.75, 3.05) is 0 Å². The summed E-state index contributed by atoms with van der Waals surface area (Å²) < 4.78 is 0. The van der Waals surface area contributed by atoms with E-state index in [1.807, 2.05) is 44.2 Å². The number of carbonyl (C=O) groups excluding carboxylic acids is 4. The first-order valence-corrected chi connectivity index (χ1v) is 10.8. The van der Waals surface area contributed by atoms with E-state index in [0.717, 1.165) is 5.56 Å². The lowest BCUT2D eigenvalue weighted by atomic mass is 10.0. The Hall–Kier alpha value is -3.48. The van der Waals surface area contributed by atoms with E-state index < -0.39 is 29.9 Å². The Labute approximate surface area is 189 Å². The highest BCUT2D eigenvalue weighted by molar-refractivity contribution is 5.98. The number of carbonyl (C=O) groups is 4. The molecule has 0 saturated heterocycles. The smallest absolute Gasteiger partial charge is 0.251 e. The van der Waals surface area contributed by atoms with Gasteiger partial charge in [-0.15, -0.1) is 0 Å². The van der Waals surface area contributed by atoms with Crippen LogP contribution < -0.4 is 16.0 Å². The molecule has 3 N–H and O–H groups in total. The fourth-order valence-corrected chi connectivity index (χ4v) is 3.08. The first-order valence-electron chi connectivity index (χ1n) is 10.8. The van der Waals surface area contributed by atoms with Gasteiger partial charge in [0.25, 0.3) is 5.91 Å². The highest BCUT2D eigenvalue weighted by Gasteiger charge is 2.26. The molecule has 7 heteroatoms. The molecule has 170 valence electrons. The van der Waals surface area contributed by atoms with Crippen molar-refractivity contribution in [2.24, 2.45) is 5.92 Å². The maximum absolute atomic E-state index is 13.0. The minimum absolute atomic E-state index is 0.0665. The first-order chi connectivity index (χ1) is 15.3. The Morgan fingerprint density at radius 1 is 0.812 bits per heavy atom. The maximum atomic E-state index is 13.0. The van der Waals surface area contributed by atoms with Gasteiger partial charge in [-0.3, -0.25) is 14.4 Å². The van der Waals surface area contributed by atoms with Crippen LogP contribution in [0.1, 0.15) is 43.1 Å². The summed E-state index contributed by atoms with van der Waals surface area (Å²) in [4.78, 5) is 49.2. The van der Waals surface area contributed by atoms with Crippen LogP contribution in [0.25, 0.3) is 0 Å². The zero-order valence-corrected chi connectivity index (χ0v) is 18.7. The summed E-state index contributed by atoms with van der Waals surface area (Å²) in [5, 5.41) is 8.06. The van der Waals surface area contributed by atoms with E-state index in [1.54, 1.807) is 37.3 Å². The predicted octanol–water partition coefficient (Wildman–Crippen LogP) is 2.26. The number of nitrogens with one attached hydrogen (secondary N) is 3. The number of aryl methyl sites for hydroxylation is 1. The molecule has 0 heterocycles. The summed E-state index contributed by atoms with van der Waals surface area (Å²) in [5.41, 5.74) is 1.48. The Bertz CT molecular complexity index is 900. The van der Waals surface area contributed by atoms with Crippen molar-refractivity contribution < 1.29 is 19.2 Å². The molecular weight excluding hydrogens is 406 g/mol. The molecule has 3 amide bonds. The fraction of sp³-hybridized carbons (Fsp3) is 0.360. The second-order valence-corrected chi connectivity index (χ2v) is 8.06. The van der Waals surface area contributed by atoms with Crippen molar-refractivity contribution in [1.29, 1.82) is 0 Å². The Morgan fingerprint density at radius 3 is 1.97 bits per heavy atom. The van der Waals surface area contributed by atoms with Gasteiger partial charge in [-0.1, -0.05) is 62.4 Å². The van der Waals surface area contributed by atoms with Crippen LogP contribution in [0.4, 0.5) is 0 Å². The van der Waals surface area contributed by atoms with Crippen molar-refractivity contribution >= 4 is 24.0 Å². The van der Waals surface area contributed by atoms with E-state index in [1.165, 1.54) is 0 Å². The van der Waals surface area contributed by atoms with Crippen LogP contribution in [0, 0.1) is 5.92 Å². The maximum Gasteiger partial charge on any atom is 0.251 e. The van der Waals surface area contributed by atoms with Crippen LogP contribution in [0.3, 0.4) is 0 Å². The van der Waals surface area contributed by atoms with E-state index in [0.29, 0.717) is 24.7 Å². The number of benzene rings is 2. The van der Waals surface area contributed by atoms with Gasteiger partial charge in [-0.2, -0.15) is 0 Å². The van der Waals surface area contributed by atoms with E-state index in [9.17, 15) is 19.2 Å². The molecule has 0 bridgehead atoms. The van der Waals surface area contributed by atoms with E-state index in [2.05, 4.69) is 16.0 Å². The van der Waals surface area contributed by atoms with Gasteiger partial charge >= 0.3 is 0 Å². The van der Waals surface area contributed by atoms with Gasteiger partial charge < -0.3 is 20.7 Å². The monoisotopic (exact) mass is 437 g/mol. The number of amides is 3. The first kappa shape index (κ1) is 24.8. The van der Waals surface area contributed by atoms with Crippen molar-refractivity contribution in [3.63, 3.8) is 0 Å². The van der Waals surface area contributed by atoms with Gasteiger partial charge in [0.1, 0.15) is 18.4 Å². The Kier molecular flexibility index (Phi) is 9.60. The van der Waals surface area contributed by atoms with Gasteiger partial charge in [0.2, 0.25) is 11.8 Å². The molecule has 3 atom stereocenters. The minimum Gasteiger partial charge on any atom is -0.345 e. The molecule has 0 spiro atoms. The lowest BCUT2D eigenvalue weighted by molar-refractivity contribution is -0.130. The summed E-state index contributed by atoms with van der Waals surface area (Å²) in [6.45, 7) is 5.19. The highest BCUT2D eigenvalue weighted by atomic mass is 16.2. The molecule has 0 aromatic heterocycles. The number of aldehydes is 1. The third-order valence-electron chi connectivity index (χ3n) is 5.15. The summed E-state index contributed by atoms with van der Waals surface area (Å²) in [6, 6.07) is 16.0. The number of hydrogen-bond acceptors (Lipinski definition) is 4. The lowest BCUT2D eigenvalue weighted by Gasteiger charge is -2.23. The molecule has 0 aliphatic carbocycles. The molecule has 7 nitrogen and oxygen atoms in total. The molecule has 2 aromatic carbocycles. The van der Waals surface area contributed by atoms with Gasteiger partial charge in [-0.05, 0) is 43.4 Å². The van der Waals surface area contributed by atoms with Crippen LogP contribution >= 0.6 is 0 Å². The molecule has 0 saturated carbocycles. The lowest BCUT2D eigenvalue weighted by Crippen LogP contribution is -2.54. The standard InChI is InChI=1S/C25H31N3O4/c1-17(2)22(16-29)28-23(30)18(3)26-25(32)21(15-14-19-10-6-4-7-11-19)27-24(31)20-12-8-5-9-13-20/h4-13,16-18,21-22H,14-15H2,1-3H3,(H,26,32)(H,27,31)(H,28,30). The molecule has 2 rings (SSSR count). The van der Waals surface area contributed by atoms with E-state index in [4.69, 9.17) is 0 Å². The molecule has 0 aliphatic heterocycles. The van der Waals surface area contributed by atoms with Crippen molar-refractivity contribution in [1.82, 2.24) is 16.0 Å². The number of hydrogen-bond donors (Lipinski definition) is 3. The quantitative estimate of drug-likeness (QED) is 0.469. The van der Waals surface area contributed by atoms with Gasteiger partial charge in [-0.25, -0.2) is 0 Å². The third kappa shape index (κ3) is 7.65. The molecule has 0 radical (unpaired) electrons. The van der Waals surface area contributed by atoms with E-state index >= 15 is 0 Å². The topological polar surface area (TPSA) is 104 Å². The van der Waals surface area contributed by atoms with Crippen LogP contribution in [0.5, 0.6) is 0 Å². The van der Waals surface area contributed by atoms with E-state index in [-0.39, 0.29) is 11.8 Å². The Morgan fingerprint density at radius 2 is 1.41 bits per heavy atom. The molecule has 32 heavy (non-hydrogen) atoms. The average molecular weight is 438 g/mol. The van der Waals surface area contributed by atoms with Crippen LogP contribution in [0.15, 0.2) is 60.7 Å². The van der Waals surface area contributed by atoms with Crippen molar-refractivity contribution in [3.8, 4) is 0 Å². The van der Waals surface area contributed by atoms with Crippen molar-refractivity contribution in [3.05, 3.63) is 71.8 Å². The summed E-state index contributed by atoms with van der Waals surface area (Å²) in [5.74, 6) is -1.35. The van der Waals surface area contributed by atoms with Crippen LogP contribution in [-0.4, -0.2) is 42.1 Å². The largest absolute Gasteiger partial charge is 0.345 e. The predicted molar refractivity (Wildman–Crippen MR) is 123 cm³/mol. The molecule has 3 unspecified atom stereocenters. The number of rotatable bonds is 11. The molecule has 0 fully saturated rings. The summed E-state index contributed by atoms with van der Waals surface area (Å²) in [6.07, 6.45) is 1.63. The van der Waals surface area contributed by atoms with Crippen LogP contribution in [0.2, 0.25) is 0 Å². The van der Waals surface area contributed by atoms with Gasteiger partial charge in [0, 0.05) is 5.56 Å². The second kappa shape index (κ2) is 12.4. The fourth-order valence-electron chi connectivity index (χ4n) is 3.08. The summed E-state index contributed by atoms with van der Waals surface area (Å²) in [7, 11) is 0. The third-order valence-corrected chi connectivity index (χ3v) is 5.15. The Balaban J connectivity index is 2.07. The average Bonchev–Trinajstić information content (AvgIpc) is 2.80. The summed E-state index contributed by atoms with van der Waals surface area (Å²) >= 11 is 0. The molecule has 0 aliphatic rings. The second-order valence-electron chi connectivity index (χ2n) is 8.06. The SMILES string of the molecule is CC(NC(=O)C(CCc1ccccc1)NC(=O)c1ccccc1)C(=O)NC(C=O)C(C)C. The highest BCUT2D eigenvalue weighted by Crippen LogP contribution is 2.08. The zero-order valence-electron chi connectivity index (χ0n) is 18.7. The normalized spacial score (nSPS) is 13.5. The van der Waals surface area contributed by atoms with Crippen LogP contribution in [-0.2, 0) is 20.8 Å². The molecular formula is C25H31N3O4. The molecule has 2 aromatic rings.